The number of carbonyl (C=O) groups excluding carboxylic acids is 1. The average Bonchev–Trinajstić information content (AvgIpc) is 2.42. The second-order valence-electron chi connectivity index (χ2n) is 5.88. The fourth-order valence-electron chi connectivity index (χ4n) is 2.12. The Bertz CT molecular complexity index is 371. The maximum absolute atomic E-state index is 11.7. The molecule has 0 aromatic heterocycles. The number of nitrogens with two attached hydrogens (primary N) is 1. The zero-order valence-electron chi connectivity index (χ0n) is 14.4. The highest BCUT2D eigenvalue weighted by molar-refractivity contribution is 5.80. The van der Waals surface area contributed by atoms with E-state index >= 15 is 0 Å². The van der Waals surface area contributed by atoms with Gasteiger partial charge in [-0.15, -0.1) is 0 Å². The van der Waals surface area contributed by atoms with E-state index in [9.17, 15) is 4.79 Å². The van der Waals surface area contributed by atoms with E-state index in [2.05, 4.69) is 29.5 Å². The molecule has 0 aromatic carbocycles. The number of hydrogen-bond acceptors (Lipinski definition) is 5. The molecule has 0 saturated heterocycles. The lowest BCUT2D eigenvalue weighted by atomic mass is 10.2. The van der Waals surface area contributed by atoms with Crippen molar-refractivity contribution in [3.8, 4) is 0 Å². The SMILES string of the molecule is C=C(C)CN(CCN(CC(=C)ON)CC(=O)CC)CC(=C)C. The maximum Gasteiger partial charge on any atom is 0.146 e. The number of hydrogen-bond donors (Lipinski definition) is 1. The van der Waals surface area contributed by atoms with Crippen LogP contribution >= 0.6 is 0 Å². The Morgan fingerprint density at radius 2 is 1.41 bits per heavy atom. The average molecular weight is 309 g/mol. The van der Waals surface area contributed by atoms with Crippen molar-refractivity contribution in [1.82, 2.24) is 9.80 Å². The summed E-state index contributed by atoms with van der Waals surface area (Å²) in [5.74, 6) is 5.77. The van der Waals surface area contributed by atoms with Gasteiger partial charge in [-0.05, 0) is 13.8 Å². The smallest absolute Gasteiger partial charge is 0.146 e. The van der Waals surface area contributed by atoms with E-state index in [1.807, 2.05) is 25.7 Å². The van der Waals surface area contributed by atoms with Crippen molar-refractivity contribution in [1.29, 1.82) is 0 Å². The van der Waals surface area contributed by atoms with Crippen LogP contribution in [0.5, 0.6) is 0 Å². The van der Waals surface area contributed by atoms with Gasteiger partial charge in [0.15, 0.2) is 0 Å². The number of ketones is 1. The molecule has 0 heterocycles. The molecule has 0 amide bonds. The van der Waals surface area contributed by atoms with E-state index in [-0.39, 0.29) is 5.78 Å². The Hall–Kier alpha value is -1.43. The molecule has 0 aliphatic heterocycles. The number of Topliss-reactive ketones (excluding diaryl/α,β-unsaturated/α-hetero) is 1. The van der Waals surface area contributed by atoms with Gasteiger partial charge in [0, 0.05) is 32.6 Å². The van der Waals surface area contributed by atoms with E-state index in [4.69, 9.17) is 5.90 Å². The van der Waals surface area contributed by atoms with Gasteiger partial charge >= 0.3 is 0 Å². The minimum Gasteiger partial charge on any atom is -0.415 e. The molecule has 0 radical (unpaired) electrons. The molecule has 0 rings (SSSR count). The molecule has 0 aromatic rings. The Kier molecular flexibility index (Phi) is 10.5. The lowest BCUT2D eigenvalue weighted by Gasteiger charge is -2.27. The van der Waals surface area contributed by atoms with Crippen LogP contribution in [-0.2, 0) is 9.63 Å². The molecule has 0 atom stereocenters. The molecule has 0 aliphatic rings. The first kappa shape index (κ1) is 20.6. The summed E-state index contributed by atoms with van der Waals surface area (Å²) in [4.78, 5) is 20.6. The van der Waals surface area contributed by atoms with Crippen LogP contribution in [0, 0.1) is 0 Å². The molecule has 0 spiro atoms. The van der Waals surface area contributed by atoms with Crippen LogP contribution in [0.25, 0.3) is 0 Å². The minimum atomic E-state index is 0.191. The van der Waals surface area contributed by atoms with Gasteiger partial charge in [-0.1, -0.05) is 37.8 Å². The fourth-order valence-corrected chi connectivity index (χ4v) is 2.12. The minimum absolute atomic E-state index is 0.191. The van der Waals surface area contributed by atoms with Crippen molar-refractivity contribution in [3.05, 3.63) is 36.6 Å². The normalized spacial score (nSPS) is 10.8. The second kappa shape index (κ2) is 11.2. The molecule has 22 heavy (non-hydrogen) atoms. The summed E-state index contributed by atoms with van der Waals surface area (Å²) in [5.41, 5.74) is 2.21. The van der Waals surface area contributed by atoms with Gasteiger partial charge in [-0.3, -0.25) is 14.6 Å². The summed E-state index contributed by atoms with van der Waals surface area (Å²) < 4.78 is 0. The van der Waals surface area contributed by atoms with Crippen molar-refractivity contribution >= 4 is 5.78 Å². The predicted molar refractivity (Wildman–Crippen MR) is 92.2 cm³/mol. The van der Waals surface area contributed by atoms with Crippen molar-refractivity contribution in [2.75, 3.05) is 39.3 Å². The highest BCUT2D eigenvalue weighted by Crippen LogP contribution is 2.03. The van der Waals surface area contributed by atoms with Crippen molar-refractivity contribution in [3.63, 3.8) is 0 Å². The van der Waals surface area contributed by atoms with Crippen LogP contribution in [0.2, 0.25) is 0 Å². The van der Waals surface area contributed by atoms with E-state index in [1.54, 1.807) is 0 Å². The van der Waals surface area contributed by atoms with Crippen molar-refractivity contribution in [2.45, 2.75) is 27.2 Å². The summed E-state index contributed by atoms with van der Waals surface area (Å²) in [7, 11) is 0. The molecule has 0 fully saturated rings. The van der Waals surface area contributed by atoms with E-state index in [0.29, 0.717) is 25.3 Å². The highest BCUT2D eigenvalue weighted by atomic mass is 16.6. The Labute approximate surface area is 135 Å². The quantitative estimate of drug-likeness (QED) is 0.321. The zero-order valence-corrected chi connectivity index (χ0v) is 14.4. The van der Waals surface area contributed by atoms with Crippen LogP contribution in [0.15, 0.2) is 36.6 Å². The molecule has 0 unspecified atom stereocenters. The topological polar surface area (TPSA) is 58.8 Å². The third-order valence-corrected chi connectivity index (χ3v) is 3.08. The molecule has 5 heteroatoms. The van der Waals surface area contributed by atoms with Crippen LogP contribution in [-0.4, -0.2) is 54.9 Å². The number of rotatable bonds is 13. The number of carbonyl (C=O) groups is 1. The fraction of sp³-hybridized carbons (Fsp3) is 0.588. The first-order valence-corrected chi connectivity index (χ1v) is 7.58. The maximum atomic E-state index is 11.7. The molecular weight excluding hydrogens is 278 g/mol. The van der Waals surface area contributed by atoms with E-state index in [1.165, 1.54) is 0 Å². The van der Waals surface area contributed by atoms with Gasteiger partial charge in [0.25, 0.3) is 0 Å². The predicted octanol–water partition coefficient (Wildman–Crippen LogP) is 2.13. The van der Waals surface area contributed by atoms with Crippen molar-refractivity contribution in [2.24, 2.45) is 5.90 Å². The number of nitrogens with zero attached hydrogens (tertiary/aromatic N) is 2. The molecule has 0 saturated carbocycles. The first-order chi connectivity index (χ1) is 10.3. The lowest BCUT2D eigenvalue weighted by molar-refractivity contribution is -0.119. The summed E-state index contributed by atoms with van der Waals surface area (Å²) >= 11 is 0. The summed E-state index contributed by atoms with van der Waals surface area (Å²) in [6.07, 6.45) is 0.522. The molecule has 0 aliphatic carbocycles. The Morgan fingerprint density at radius 1 is 0.955 bits per heavy atom. The second-order valence-corrected chi connectivity index (χ2v) is 5.88. The monoisotopic (exact) mass is 309 g/mol. The molecule has 0 bridgehead atoms. The molecule has 126 valence electrons. The van der Waals surface area contributed by atoms with Gasteiger partial charge in [-0.25, -0.2) is 0 Å². The zero-order chi connectivity index (χ0) is 17.1. The van der Waals surface area contributed by atoms with Gasteiger partial charge < -0.3 is 4.84 Å². The van der Waals surface area contributed by atoms with Crippen LogP contribution in [0.1, 0.15) is 27.2 Å². The van der Waals surface area contributed by atoms with Crippen LogP contribution < -0.4 is 5.90 Å². The standard InChI is InChI=1S/C17H31N3O2/c1-7-17(21)13-20(12-16(6)22-18)9-8-19(10-14(2)3)11-15(4)5/h2,4,6-13,18H2,1,3,5H3. The van der Waals surface area contributed by atoms with E-state index < -0.39 is 0 Å². The summed E-state index contributed by atoms with van der Waals surface area (Å²) in [5, 5.41) is 0. The van der Waals surface area contributed by atoms with Crippen LogP contribution in [0.3, 0.4) is 0 Å². The van der Waals surface area contributed by atoms with Crippen molar-refractivity contribution < 1.29 is 9.63 Å². The summed E-state index contributed by atoms with van der Waals surface area (Å²) in [6.45, 7) is 21.5. The third-order valence-electron chi connectivity index (χ3n) is 3.08. The van der Waals surface area contributed by atoms with E-state index in [0.717, 1.165) is 37.3 Å². The van der Waals surface area contributed by atoms with Gasteiger partial charge in [0.1, 0.15) is 11.5 Å². The van der Waals surface area contributed by atoms with Gasteiger partial charge in [0.05, 0.1) is 13.1 Å². The third kappa shape index (κ3) is 10.3. The van der Waals surface area contributed by atoms with Gasteiger partial charge in [-0.2, -0.15) is 5.90 Å². The molecular formula is C17H31N3O2. The first-order valence-electron chi connectivity index (χ1n) is 7.58. The van der Waals surface area contributed by atoms with Crippen LogP contribution in [0.4, 0.5) is 0 Å². The Balaban J connectivity index is 4.64. The molecule has 5 nitrogen and oxygen atoms in total. The summed E-state index contributed by atoms with van der Waals surface area (Å²) in [6, 6.07) is 0. The highest BCUT2D eigenvalue weighted by Gasteiger charge is 2.14. The molecule has 2 N–H and O–H groups in total. The Morgan fingerprint density at radius 3 is 1.77 bits per heavy atom. The largest absolute Gasteiger partial charge is 0.415 e. The lowest BCUT2D eigenvalue weighted by Crippen LogP contribution is -2.40. The van der Waals surface area contributed by atoms with Gasteiger partial charge in [0.2, 0.25) is 0 Å².